The third kappa shape index (κ3) is 5.51. The van der Waals surface area contributed by atoms with E-state index >= 15 is 0 Å². The number of amides is 1. The molecule has 1 aromatic carbocycles. The summed E-state index contributed by atoms with van der Waals surface area (Å²) in [5.74, 6) is 0.0162. The molecular formula is C25H28N6O7. The maximum atomic E-state index is 12.3. The quantitative estimate of drug-likeness (QED) is 0.261. The van der Waals surface area contributed by atoms with Gasteiger partial charge >= 0.3 is 0 Å². The molecule has 0 saturated heterocycles. The number of aryl methyl sites for hydroxylation is 2. The van der Waals surface area contributed by atoms with Crippen LogP contribution in [0.2, 0.25) is 0 Å². The molecule has 0 aliphatic carbocycles. The first-order valence-electron chi connectivity index (χ1n) is 11.9. The number of methoxy groups -OCH3 is 2. The number of pyridine rings is 1. The van der Waals surface area contributed by atoms with E-state index in [-0.39, 0.29) is 42.0 Å². The second-order valence-electron chi connectivity index (χ2n) is 8.29. The third-order valence-electron chi connectivity index (χ3n) is 5.67. The minimum atomic E-state index is -0.488. The third-order valence-corrected chi connectivity index (χ3v) is 5.67. The van der Waals surface area contributed by atoms with Gasteiger partial charge in [-0.1, -0.05) is 19.4 Å². The van der Waals surface area contributed by atoms with Crippen molar-refractivity contribution in [3.05, 3.63) is 41.6 Å². The van der Waals surface area contributed by atoms with Crippen LogP contribution in [-0.2, 0) is 24.2 Å². The molecule has 0 bridgehead atoms. The Hall–Kier alpha value is -4.68. The van der Waals surface area contributed by atoms with E-state index in [1.807, 2.05) is 6.92 Å². The molecule has 0 aliphatic rings. The molecule has 0 atom stereocenters. The van der Waals surface area contributed by atoms with Crippen LogP contribution in [0.1, 0.15) is 43.1 Å². The predicted molar refractivity (Wildman–Crippen MR) is 133 cm³/mol. The summed E-state index contributed by atoms with van der Waals surface area (Å²) in [6.45, 7) is 3.70. The predicted octanol–water partition coefficient (Wildman–Crippen LogP) is 3.12. The Morgan fingerprint density at radius 1 is 0.974 bits per heavy atom. The van der Waals surface area contributed by atoms with Gasteiger partial charge in [-0.05, 0) is 25.0 Å². The molecule has 3 N–H and O–H groups in total. The van der Waals surface area contributed by atoms with Crippen LogP contribution in [0, 0.1) is 6.92 Å². The van der Waals surface area contributed by atoms with Gasteiger partial charge in [0, 0.05) is 6.92 Å². The van der Waals surface area contributed by atoms with Gasteiger partial charge in [0.15, 0.2) is 0 Å². The van der Waals surface area contributed by atoms with Crippen LogP contribution in [0.4, 0.5) is 0 Å². The topological polar surface area (TPSA) is 179 Å². The Balaban J connectivity index is 1.69. The van der Waals surface area contributed by atoms with Crippen LogP contribution in [-0.4, -0.2) is 55.7 Å². The van der Waals surface area contributed by atoms with Gasteiger partial charge in [-0.3, -0.25) is 4.79 Å². The Morgan fingerprint density at radius 2 is 1.68 bits per heavy atom. The zero-order valence-corrected chi connectivity index (χ0v) is 21.4. The molecule has 0 aliphatic heterocycles. The van der Waals surface area contributed by atoms with E-state index < -0.39 is 11.8 Å². The van der Waals surface area contributed by atoms with Gasteiger partial charge in [0.2, 0.25) is 29.5 Å². The average Bonchev–Trinajstić information content (AvgIpc) is 3.54. The van der Waals surface area contributed by atoms with Crippen LogP contribution in [0.15, 0.2) is 27.0 Å². The minimum absolute atomic E-state index is 0.0372. The summed E-state index contributed by atoms with van der Waals surface area (Å²) in [6.07, 6.45) is 1.85. The highest BCUT2D eigenvalue weighted by Crippen LogP contribution is 2.49. The summed E-state index contributed by atoms with van der Waals surface area (Å²) in [5.41, 5.74) is 1.05. The smallest absolute Gasteiger partial charge is 0.257 e. The van der Waals surface area contributed by atoms with E-state index in [1.165, 1.54) is 14.2 Å². The number of aromatic nitrogens is 5. The van der Waals surface area contributed by atoms with Crippen molar-refractivity contribution < 1.29 is 33.3 Å². The molecular weight excluding hydrogens is 496 g/mol. The van der Waals surface area contributed by atoms with Crippen molar-refractivity contribution in [3.8, 4) is 45.7 Å². The molecule has 0 spiro atoms. The van der Waals surface area contributed by atoms with Crippen molar-refractivity contribution in [1.29, 1.82) is 0 Å². The molecule has 4 aromatic rings. The lowest BCUT2D eigenvalue weighted by molar-refractivity contribution is -0.121. The lowest BCUT2D eigenvalue weighted by Gasteiger charge is -2.18. The van der Waals surface area contributed by atoms with Crippen molar-refractivity contribution in [2.75, 3.05) is 14.2 Å². The normalized spacial score (nSPS) is 10.9. The van der Waals surface area contributed by atoms with Gasteiger partial charge in [-0.15, -0.1) is 20.4 Å². The summed E-state index contributed by atoms with van der Waals surface area (Å²) >= 11 is 0. The number of aromatic hydroxyl groups is 2. The number of nitrogens with zero attached hydrogens (tertiary/aromatic N) is 5. The van der Waals surface area contributed by atoms with Crippen molar-refractivity contribution in [3.63, 3.8) is 0 Å². The monoisotopic (exact) mass is 524 g/mol. The first-order valence-corrected chi connectivity index (χ1v) is 11.9. The van der Waals surface area contributed by atoms with Gasteiger partial charge in [0.1, 0.15) is 29.2 Å². The number of unbranched alkanes of at least 4 members (excludes halogenated alkanes) is 1. The van der Waals surface area contributed by atoms with Crippen LogP contribution in [0.3, 0.4) is 0 Å². The first-order chi connectivity index (χ1) is 18.4. The fourth-order valence-corrected chi connectivity index (χ4v) is 3.90. The molecule has 3 heterocycles. The summed E-state index contributed by atoms with van der Waals surface area (Å²) in [4.78, 5) is 16.7. The lowest BCUT2D eigenvalue weighted by Crippen LogP contribution is -2.24. The molecule has 13 heteroatoms. The number of hydrogen-bond acceptors (Lipinski definition) is 12. The minimum Gasteiger partial charge on any atom is -0.506 e. The van der Waals surface area contributed by atoms with Crippen LogP contribution < -0.4 is 14.8 Å². The Morgan fingerprint density at radius 3 is 2.32 bits per heavy atom. The molecule has 38 heavy (non-hydrogen) atoms. The number of benzene rings is 1. The van der Waals surface area contributed by atoms with E-state index in [0.717, 1.165) is 12.8 Å². The highest BCUT2D eigenvalue weighted by molar-refractivity contribution is 5.88. The van der Waals surface area contributed by atoms with Gasteiger partial charge in [0.25, 0.3) is 5.89 Å². The number of hydrogen-bond donors (Lipinski definition) is 3. The Labute approximate surface area is 217 Å². The molecule has 13 nitrogen and oxygen atoms in total. The molecule has 200 valence electrons. The van der Waals surface area contributed by atoms with Gasteiger partial charge in [0.05, 0.1) is 37.6 Å². The summed E-state index contributed by atoms with van der Waals surface area (Å²) in [6, 6.07) is 5.21. The molecule has 0 saturated carbocycles. The Bertz CT molecular complexity index is 1410. The molecule has 0 fully saturated rings. The van der Waals surface area contributed by atoms with Gasteiger partial charge in [-0.25, -0.2) is 4.98 Å². The van der Waals surface area contributed by atoms with Crippen LogP contribution in [0.25, 0.3) is 22.6 Å². The van der Waals surface area contributed by atoms with E-state index in [9.17, 15) is 15.0 Å². The zero-order valence-electron chi connectivity index (χ0n) is 21.4. The number of rotatable bonds is 11. The fraction of sp³-hybridized carbons (Fsp3) is 0.360. The summed E-state index contributed by atoms with van der Waals surface area (Å²) in [5, 5.41) is 40.2. The van der Waals surface area contributed by atoms with Crippen LogP contribution >= 0.6 is 0 Å². The number of nitrogens with one attached hydrogen (secondary N) is 1. The molecule has 1 amide bonds. The number of carbonyl (C=O) groups excluding carboxylic acids is 1. The molecule has 3 aromatic heterocycles. The van der Waals surface area contributed by atoms with E-state index in [0.29, 0.717) is 40.6 Å². The molecule has 0 unspecified atom stereocenters. The Kier molecular flexibility index (Phi) is 8.04. The van der Waals surface area contributed by atoms with E-state index in [1.54, 1.807) is 25.1 Å². The van der Waals surface area contributed by atoms with Gasteiger partial charge in [-0.2, -0.15) is 0 Å². The SMILES string of the molecule is CCCCc1nc(O)c(-c2nnc(CC(=O)NCc3nnc(C)o3)o2)c(O)c1-c1c(OC)cccc1OC. The van der Waals surface area contributed by atoms with E-state index in [4.69, 9.17) is 18.3 Å². The summed E-state index contributed by atoms with van der Waals surface area (Å²) in [7, 11) is 3.01. The standard InChI is InChI=1S/C25H28N6O7/c1-5-6-8-14-20(21-15(35-3)9-7-10-16(21)36-4)23(33)22(24(34)27-14)25-31-29-18(38-25)11-17(32)26-12-19-30-28-13(2)37-19/h7,9-10H,5-6,8,11-12H2,1-4H3,(H,26,32)(H2,27,33,34). The first kappa shape index (κ1) is 26.4. The zero-order chi connectivity index (χ0) is 27.2. The van der Waals surface area contributed by atoms with Crippen molar-refractivity contribution in [1.82, 2.24) is 30.7 Å². The maximum Gasteiger partial charge on any atom is 0.257 e. The lowest BCUT2D eigenvalue weighted by atomic mass is 9.95. The molecule has 4 rings (SSSR count). The molecule has 0 radical (unpaired) electrons. The second-order valence-corrected chi connectivity index (χ2v) is 8.29. The highest BCUT2D eigenvalue weighted by atomic mass is 16.5. The van der Waals surface area contributed by atoms with Crippen molar-refractivity contribution in [2.24, 2.45) is 0 Å². The van der Waals surface area contributed by atoms with Crippen LogP contribution in [0.5, 0.6) is 23.1 Å². The largest absolute Gasteiger partial charge is 0.506 e. The number of ether oxygens (including phenoxy) is 2. The second kappa shape index (κ2) is 11.6. The van der Waals surface area contributed by atoms with Crippen molar-refractivity contribution in [2.45, 2.75) is 46.1 Å². The maximum absolute atomic E-state index is 12.3. The van der Waals surface area contributed by atoms with Gasteiger partial charge < -0.3 is 33.8 Å². The van der Waals surface area contributed by atoms with Crippen molar-refractivity contribution >= 4 is 5.91 Å². The fourth-order valence-electron chi connectivity index (χ4n) is 3.90. The highest BCUT2D eigenvalue weighted by Gasteiger charge is 2.29. The summed E-state index contributed by atoms with van der Waals surface area (Å²) < 4.78 is 21.9. The number of carbonyl (C=O) groups is 1. The van der Waals surface area contributed by atoms with E-state index in [2.05, 4.69) is 30.7 Å². The average molecular weight is 525 g/mol.